The van der Waals surface area contributed by atoms with E-state index < -0.39 is 59.2 Å². The molecule has 3 atom stereocenters. The Labute approximate surface area is 201 Å². The average molecular weight is 517 g/mol. The number of nitrogens with zero attached hydrogens (tertiary/aromatic N) is 2. The molecule has 1 saturated carbocycles. The van der Waals surface area contributed by atoms with Crippen molar-refractivity contribution in [1.29, 1.82) is 0 Å². The third-order valence-electron chi connectivity index (χ3n) is 6.57. The molecule has 12 heteroatoms. The number of benzene rings is 1. The van der Waals surface area contributed by atoms with Crippen molar-refractivity contribution in [2.75, 3.05) is 0 Å². The van der Waals surface area contributed by atoms with E-state index in [1.165, 1.54) is 4.90 Å². The van der Waals surface area contributed by atoms with Gasteiger partial charge in [-0.05, 0) is 56.7 Å². The Morgan fingerprint density at radius 2 is 1.64 bits per heavy atom. The molecule has 0 bridgehead atoms. The van der Waals surface area contributed by atoms with E-state index in [9.17, 15) is 40.3 Å². The van der Waals surface area contributed by atoms with Crippen LogP contribution in [0.3, 0.4) is 0 Å². The largest absolute Gasteiger partial charge is 0.417 e. The van der Waals surface area contributed by atoms with Gasteiger partial charge in [-0.1, -0.05) is 6.07 Å². The van der Waals surface area contributed by atoms with Crippen molar-refractivity contribution < 1.29 is 40.3 Å². The van der Waals surface area contributed by atoms with Crippen LogP contribution in [0.1, 0.15) is 65.7 Å². The summed E-state index contributed by atoms with van der Waals surface area (Å²) in [4.78, 5) is 31.0. The number of amides is 2. The number of nitrogens with one attached hydrogen (secondary N) is 1. The van der Waals surface area contributed by atoms with Crippen LogP contribution in [0.4, 0.5) is 30.7 Å². The van der Waals surface area contributed by atoms with E-state index in [0.29, 0.717) is 37.6 Å². The first-order valence-electron chi connectivity index (χ1n) is 11.3. The van der Waals surface area contributed by atoms with Gasteiger partial charge in [0.1, 0.15) is 11.9 Å². The Balaban J connectivity index is 1.56. The molecule has 1 saturated heterocycles. The highest BCUT2D eigenvalue weighted by atomic mass is 19.4. The predicted octanol–water partition coefficient (Wildman–Crippen LogP) is 5.52. The Morgan fingerprint density at radius 3 is 2.22 bits per heavy atom. The molecule has 1 aromatic carbocycles. The number of hydrogen-bond acceptors (Lipinski definition) is 3. The van der Waals surface area contributed by atoms with E-state index in [1.54, 1.807) is 6.92 Å². The molecule has 2 aliphatic rings. The van der Waals surface area contributed by atoms with E-state index in [-0.39, 0.29) is 23.5 Å². The second-order valence-electron chi connectivity index (χ2n) is 9.17. The zero-order chi connectivity index (χ0) is 26.4. The number of rotatable bonds is 5. The van der Waals surface area contributed by atoms with Crippen molar-refractivity contribution in [3.05, 3.63) is 64.7 Å². The highest BCUT2D eigenvalue weighted by Crippen LogP contribution is 2.43. The molecule has 1 aliphatic heterocycles. The van der Waals surface area contributed by atoms with Crippen LogP contribution < -0.4 is 5.32 Å². The summed E-state index contributed by atoms with van der Waals surface area (Å²) in [6.45, 7) is 1.65. The topological polar surface area (TPSA) is 62.3 Å². The molecule has 1 N–H and O–H groups in total. The number of aromatic nitrogens is 1. The monoisotopic (exact) mass is 517 g/mol. The highest BCUT2D eigenvalue weighted by Gasteiger charge is 2.43. The van der Waals surface area contributed by atoms with Crippen LogP contribution in [-0.4, -0.2) is 33.8 Å². The predicted molar refractivity (Wildman–Crippen MR) is 113 cm³/mol. The normalized spacial score (nSPS) is 21.4. The Morgan fingerprint density at radius 1 is 0.972 bits per heavy atom. The molecule has 194 valence electrons. The van der Waals surface area contributed by atoms with E-state index in [1.807, 2.05) is 0 Å². The molecule has 1 aliphatic carbocycles. The quantitative estimate of drug-likeness (QED) is 0.532. The smallest absolute Gasteiger partial charge is 0.347 e. The second kappa shape index (κ2) is 9.36. The zero-order valence-corrected chi connectivity index (χ0v) is 19.0. The number of hydrogen-bond donors (Lipinski definition) is 1. The third kappa shape index (κ3) is 5.31. The van der Waals surface area contributed by atoms with Crippen LogP contribution in [-0.2, 0) is 17.1 Å². The molecule has 1 aromatic heterocycles. The third-order valence-corrected chi connectivity index (χ3v) is 6.57. The Hall–Kier alpha value is -3.18. The standard InChI is InChI=1S/C24H22F7N3O2/c1-12-2-7-19(34(12)22(36)14-8-16(11-32-10-14)24(29,30)31)21(35)33-20(13-3-4-13)17-6-5-15(9-18(17)25)23(26,27)28/h5-6,8-13,19-20H,2-4,7H2,1H3,(H,33,35)/t12-,19-,20-/m1/s1. The lowest BCUT2D eigenvalue weighted by molar-refractivity contribution is -0.138. The molecule has 2 fully saturated rings. The van der Waals surface area contributed by atoms with Crippen molar-refractivity contribution in [2.45, 2.75) is 63.1 Å². The minimum absolute atomic E-state index is 0.0927. The van der Waals surface area contributed by atoms with Crippen molar-refractivity contribution >= 4 is 11.8 Å². The number of halogens is 7. The summed E-state index contributed by atoms with van der Waals surface area (Å²) in [5.74, 6) is -2.74. The molecule has 2 amide bonds. The van der Waals surface area contributed by atoms with Crippen molar-refractivity contribution in [3.8, 4) is 0 Å². The highest BCUT2D eigenvalue weighted by molar-refractivity contribution is 5.98. The summed E-state index contributed by atoms with van der Waals surface area (Å²) in [5, 5.41) is 2.68. The van der Waals surface area contributed by atoms with E-state index in [4.69, 9.17) is 0 Å². The Bertz CT molecular complexity index is 1160. The lowest BCUT2D eigenvalue weighted by Gasteiger charge is -2.30. The van der Waals surface area contributed by atoms with E-state index in [2.05, 4.69) is 10.3 Å². The molecular formula is C24H22F7N3O2. The minimum atomic E-state index is -4.73. The van der Waals surface area contributed by atoms with E-state index >= 15 is 0 Å². The first-order chi connectivity index (χ1) is 16.8. The Kier molecular flexibility index (Phi) is 6.74. The van der Waals surface area contributed by atoms with Gasteiger partial charge in [-0.15, -0.1) is 0 Å². The molecule has 4 rings (SSSR count). The molecule has 2 heterocycles. The van der Waals surface area contributed by atoms with Gasteiger partial charge in [-0.2, -0.15) is 26.3 Å². The zero-order valence-electron chi connectivity index (χ0n) is 19.0. The summed E-state index contributed by atoms with van der Waals surface area (Å²) in [6.07, 6.45) is -5.97. The summed E-state index contributed by atoms with van der Waals surface area (Å²) >= 11 is 0. The van der Waals surface area contributed by atoms with Crippen LogP contribution in [0.5, 0.6) is 0 Å². The van der Waals surface area contributed by atoms with Crippen LogP contribution in [0.15, 0.2) is 36.7 Å². The lowest BCUT2D eigenvalue weighted by Crippen LogP contribution is -2.49. The maximum absolute atomic E-state index is 14.7. The molecule has 0 radical (unpaired) electrons. The van der Waals surface area contributed by atoms with Crippen molar-refractivity contribution in [3.63, 3.8) is 0 Å². The number of alkyl halides is 6. The molecule has 5 nitrogen and oxygen atoms in total. The van der Waals surface area contributed by atoms with Crippen LogP contribution in [0.2, 0.25) is 0 Å². The summed E-state index contributed by atoms with van der Waals surface area (Å²) < 4.78 is 92.7. The fraction of sp³-hybridized carbons (Fsp3) is 0.458. The number of pyridine rings is 1. The number of likely N-dealkylation sites (tertiary alicyclic amines) is 1. The number of carbonyl (C=O) groups excluding carboxylic acids is 2. The molecule has 2 aromatic rings. The molecule has 0 unspecified atom stereocenters. The summed E-state index contributed by atoms with van der Waals surface area (Å²) in [6, 6.07) is 0.378. The van der Waals surface area contributed by atoms with Gasteiger partial charge in [0.25, 0.3) is 5.91 Å². The summed E-state index contributed by atoms with van der Waals surface area (Å²) in [7, 11) is 0. The van der Waals surface area contributed by atoms with Crippen LogP contribution in [0, 0.1) is 11.7 Å². The van der Waals surface area contributed by atoms with Gasteiger partial charge in [0.2, 0.25) is 5.91 Å². The summed E-state index contributed by atoms with van der Waals surface area (Å²) in [5.41, 5.74) is -2.68. The first-order valence-corrected chi connectivity index (χ1v) is 11.3. The fourth-order valence-electron chi connectivity index (χ4n) is 4.53. The SMILES string of the molecule is C[C@@H]1CC[C@H](C(=O)N[C@@H](c2ccc(C(F)(F)F)cc2F)C2CC2)N1C(=O)c1cncc(C(F)(F)F)c1. The van der Waals surface area contributed by atoms with Gasteiger partial charge in [0.15, 0.2) is 0 Å². The van der Waals surface area contributed by atoms with Gasteiger partial charge in [0, 0.05) is 24.0 Å². The molecular weight excluding hydrogens is 495 g/mol. The maximum atomic E-state index is 14.7. The van der Waals surface area contributed by atoms with Crippen LogP contribution in [0.25, 0.3) is 0 Å². The number of carbonyl (C=O) groups is 2. The molecule has 0 spiro atoms. The minimum Gasteiger partial charge on any atom is -0.347 e. The van der Waals surface area contributed by atoms with Gasteiger partial charge < -0.3 is 10.2 Å². The molecule has 36 heavy (non-hydrogen) atoms. The maximum Gasteiger partial charge on any atom is 0.417 e. The van der Waals surface area contributed by atoms with Gasteiger partial charge in [-0.25, -0.2) is 4.39 Å². The average Bonchev–Trinajstić information content (AvgIpc) is 3.57. The first kappa shape index (κ1) is 25.9. The van der Waals surface area contributed by atoms with Gasteiger partial charge >= 0.3 is 12.4 Å². The van der Waals surface area contributed by atoms with Crippen LogP contribution >= 0.6 is 0 Å². The van der Waals surface area contributed by atoms with Crippen molar-refractivity contribution in [2.24, 2.45) is 5.92 Å². The fourth-order valence-corrected chi connectivity index (χ4v) is 4.53. The van der Waals surface area contributed by atoms with Crippen molar-refractivity contribution in [1.82, 2.24) is 15.2 Å². The lowest BCUT2D eigenvalue weighted by atomic mass is 9.99. The van der Waals surface area contributed by atoms with Gasteiger partial charge in [0.05, 0.1) is 22.7 Å². The van der Waals surface area contributed by atoms with Gasteiger partial charge in [-0.3, -0.25) is 14.6 Å². The second-order valence-corrected chi connectivity index (χ2v) is 9.17. The van der Waals surface area contributed by atoms with E-state index in [0.717, 1.165) is 18.3 Å².